The summed E-state index contributed by atoms with van der Waals surface area (Å²) in [5, 5.41) is 13.7. The van der Waals surface area contributed by atoms with Gasteiger partial charge in [-0.2, -0.15) is 5.10 Å². The van der Waals surface area contributed by atoms with Crippen molar-refractivity contribution in [2.75, 3.05) is 5.75 Å². The molecule has 3 aromatic carbocycles. The Morgan fingerprint density at radius 3 is 2.47 bits per heavy atom. The molecule has 0 radical (unpaired) electrons. The van der Waals surface area contributed by atoms with Crippen LogP contribution in [0.5, 0.6) is 0 Å². The van der Waals surface area contributed by atoms with Crippen molar-refractivity contribution >= 4 is 35.5 Å². The first-order valence-electron chi connectivity index (χ1n) is 9.57. The van der Waals surface area contributed by atoms with Crippen LogP contribution in [0.4, 0.5) is 4.39 Å². The summed E-state index contributed by atoms with van der Waals surface area (Å²) in [7, 11) is 0. The van der Waals surface area contributed by atoms with E-state index in [1.807, 2.05) is 47.0 Å². The van der Waals surface area contributed by atoms with Gasteiger partial charge in [-0.05, 0) is 54.1 Å². The molecular weight excluding hydrogens is 449 g/mol. The van der Waals surface area contributed by atoms with Crippen molar-refractivity contribution in [1.82, 2.24) is 20.2 Å². The monoisotopic (exact) mass is 465 g/mol. The van der Waals surface area contributed by atoms with E-state index in [4.69, 9.17) is 11.6 Å². The number of amides is 1. The number of aromatic nitrogens is 3. The highest BCUT2D eigenvalue weighted by molar-refractivity contribution is 7.99. The first-order valence-corrected chi connectivity index (χ1v) is 10.9. The number of para-hydroxylation sites is 1. The molecule has 6 nitrogen and oxygen atoms in total. The van der Waals surface area contributed by atoms with Gasteiger partial charge in [0.15, 0.2) is 11.0 Å². The lowest BCUT2D eigenvalue weighted by Crippen LogP contribution is -2.20. The van der Waals surface area contributed by atoms with Crippen LogP contribution in [0.3, 0.4) is 0 Å². The summed E-state index contributed by atoms with van der Waals surface area (Å²) in [6, 6.07) is 22.8. The minimum atomic E-state index is -0.330. The molecule has 160 valence electrons. The highest BCUT2D eigenvalue weighted by Crippen LogP contribution is 2.28. The van der Waals surface area contributed by atoms with Gasteiger partial charge in [0.25, 0.3) is 5.91 Å². The quantitative estimate of drug-likeness (QED) is 0.237. The maximum atomic E-state index is 12.9. The van der Waals surface area contributed by atoms with Crippen LogP contribution in [0.25, 0.3) is 17.1 Å². The first kappa shape index (κ1) is 21.7. The number of hydrogen-bond acceptors (Lipinski definition) is 5. The number of halogens is 2. The number of hydrogen-bond donors (Lipinski definition) is 1. The number of nitrogens with zero attached hydrogens (tertiary/aromatic N) is 4. The van der Waals surface area contributed by atoms with Crippen molar-refractivity contribution in [3.05, 3.63) is 95.3 Å². The SMILES string of the molecule is O=C(CSc1nnc(-c2ccc(Cl)cc2)n1-c1ccccc1)N/N=C\c1ccc(F)cc1. The summed E-state index contributed by atoms with van der Waals surface area (Å²) < 4.78 is 14.8. The molecule has 1 N–H and O–H groups in total. The Hall–Kier alpha value is -3.49. The summed E-state index contributed by atoms with van der Waals surface area (Å²) >= 11 is 7.26. The molecule has 0 aliphatic heterocycles. The maximum Gasteiger partial charge on any atom is 0.250 e. The predicted octanol–water partition coefficient (Wildman–Crippen LogP) is 4.97. The number of thioether (sulfide) groups is 1. The summed E-state index contributed by atoms with van der Waals surface area (Å²) in [5.74, 6) is 0.101. The molecule has 4 rings (SSSR count). The van der Waals surface area contributed by atoms with E-state index >= 15 is 0 Å². The van der Waals surface area contributed by atoms with Crippen LogP contribution >= 0.6 is 23.4 Å². The van der Waals surface area contributed by atoms with E-state index in [9.17, 15) is 9.18 Å². The molecule has 1 heterocycles. The zero-order valence-electron chi connectivity index (χ0n) is 16.7. The number of hydrazone groups is 1. The maximum absolute atomic E-state index is 12.9. The third-order valence-corrected chi connectivity index (χ3v) is 5.54. The number of nitrogens with one attached hydrogen (secondary N) is 1. The van der Waals surface area contributed by atoms with Gasteiger partial charge < -0.3 is 0 Å². The average molecular weight is 466 g/mol. The van der Waals surface area contributed by atoms with E-state index in [-0.39, 0.29) is 17.5 Å². The smallest absolute Gasteiger partial charge is 0.250 e. The van der Waals surface area contributed by atoms with Gasteiger partial charge in [-0.25, -0.2) is 9.82 Å². The summed E-state index contributed by atoms with van der Waals surface area (Å²) in [6.07, 6.45) is 1.45. The second kappa shape index (κ2) is 10.2. The standard InChI is InChI=1S/C23H17ClFN5OS/c24-18-10-8-17(9-11-18)22-28-29-23(30(22)20-4-2-1-3-5-20)32-15-21(31)27-26-14-16-6-12-19(25)13-7-16/h1-14H,15H2,(H,27,31)/b26-14-. The van der Waals surface area contributed by atoms with Crippen LogP contribution in [-0.4, -0.2) is 32.6 Å². The summed E-state index contributed by atoms with van der Waals surface area (Å²) in [5.41, 5.74) is 4.87. The number of carbonyl (C=O) groups excluding carboxylic acids is 1. The Morgan fingerprint density at radius 1 is 1.03 bits per heavy atom. The van der Waals surface area contributed by atoms with Gasteiger partial charge in [-0.1, -0.05) is 53.7 Å². The summed E-state index contributed by atoms with van der Waals surface area (Å²) in [6.45, 7) is 0. The number of benzene rings is 3. The Labute approximate surface area is 193 Å². The first-order chi connectivity index (χ1) is 15.6. The fourth-order valence-electron chi connectivity index (χ4n) is 2.85. The molecule has 1 aromatic heterocycles. The number of rotatable bonds is 7. The van der Waals surface area contributed by atoms with Crippen molar-refractivity contribution in [2.45, 2.75) is 5.16 Å². The minimum absolute atomic E-state index is 0.0896. The van der Waals surface area contributed by atoms with E-state index in [1.54, 1.807) is 24.3 Å². The van der Waals surface area contributed by atoms with E-state index < -0.39 is 0 Å². The van der Waals surface area contributed by atoms with Gasteiger partial charge in [0.1, 0.15) is 5.82 Å². The lowest BCUT2D eigenvalue weighted by Gasteiger charge is -2.10. The van der Waals surface area contributed by atoms with Crippen LogP contribution in [0.2, 0.25) is 5.02 Å². The predicted molar refractivity (Wildman–Crippen MR) is 125 cm³/mol. The Kier molecular flexibility index (Phi) is 6.94. The van der Waals surface area contributed by atoms with Crippen molar-refractivity contribution in [2.24, 2.45) is 5.10 Å². The summed E-state index contributed by atoms with van der Waals surface area (Å²) in [4.78, 5) is 12.2. The molecular formula is C23H17ClFN5OS. The molecule has 0 aliphatic carbocycles. The third kappa shape index (κ3) is 5.40. The molecule has 0 spiro atoms. The lowest BCUT2D eigenvalue weighted by molar-refractivity contribution is -0.118. The second-order valence-electron chi connectivity index (χ2n) is 6.62. The van der Waals surface area contributed by atoms with E-state index in [0.29, 0.717) is 21.6 Å². The third-order valence-electron chi connectivity index (χ3n) is 4.36. The molecule has 0 aliphatic rings. The lowest BCUT2D eigenvalue weighted by atomic mass is 10.2. The van der Waals surface area contributed by atoms with E-state index in [0.717, 1.165) is 11.3 Å². The fourth-order valence-corrected chi connectivity index (χ4v) is 3.72. The highest BCUT2D eigenvalue weighted by Gasteiger charge is 2.17. The van der Waals surface area contributed by atoms with Gasteiger partial charge in [0, 0.05) is 16.3 Å². The molecule has 0 saturated carbocycles. The zero-order chi connectivity index (χ0) is 22.3. The van der Waals surface area contributed by atoms with Crippen molar-refractivity contribution in [3.8, 4) is 17.1 Å². The van der Waals surface area contributed by atoms with Gasteiger partial charge >= 0.3 is 0 Å². The van der Waals surface area contributed by atoms with Crippen LogP contribution < -0.4 is 5.43 Å². The average Bonchev–Trinajstić information content (AvgIpc) is 3.24. The highest BCUT2D eigenvalue weighted by atomic mass is 35.5. The normalized spacial score (nSPS) is 11.1. The van der Waals surface area contributed by atoms with Crippen LogP contribution in [0.1, 0.15) is 5.56 Å². The minimum Gasteiger partial charge on any atom is -0.272 e. The van der Waals surface area contributed by atoms with Crippen molar-refractivity contribution in [3.63, 3.8) is 0 Å². The Balaban J connectivity index is 1.49. The van der Waals surface area contributed by atoms with E-state index in [2.05, 4.69) is 20.7 Å². The zero-order valence-corrected chi connectivity index (χ0v) is 18.2. The molecule has 9 heteroatoms. The van der Waals surface area contributed by atoms with Crippen molar-refractivity contribution < 1.29 is 9.18 Å². The molecule has 0 bridgehead atoms. The second-order valence-corrected chi connectivity index (χ2v) is 8.00. The number of carbonyl (C=O) groups is 1. The topological polar surface area (TPSA) is 72.2 Å². The Bertz CT molecular complexity index is 1230. The molecule has 0 atom stereocenters. The Morgan fingerprint density at radius 2 is 1.75 bits per heavy atom. The molecule has 1 amide bonds. The van der Waals surface area contributed by atoms with E-state index in [1.165, 1.54) is 30.1 Å². The molecule has 0 fully saturated rings. The van der Waals surface area contributed by atoms with Gasteiger partial charge in [0.2, 0.25) is 0 Å². The molecule has 32 heavy (non-hydrogen) atoms. The molecule has 4 aromatic rings. The van der Waals surface area contributed by atoms with Crippen LogP contribution in [0.15, 0.2) is 89.1 Å². The van der Waals surface area contributed by atoms with Crippen LogP contribution in [0, 0.1) is 5.82 Å². The molecule has 0 saturated heterocycles. The molecule has 0 unspecified atom stereocenters. The largest absolute Gasteiger partial charge is 0.272 e. The van der Waals surface area contributed by atoms with Gasteiger partial charge in [-0.3, -0.25) is 9.36 Å². The van der Waals surface area contributed by atoms with Gasteiger partial charge in [0.05, 0.1) is 12.0 Å². The fraction of sp³-hybridized carbons (Fsp3) is 0.0435. The van der Waals surface area contributed by atoms with Gasteiger partial charge in [-0.15, -0.1) is 10.2 Å². The van der Waals surface area contributed by atoms with Crippen LogP contribution in [-0.2, 0) is 4.79 Å². The van der Waals surface area contributed by atoms with Crippen molar-refractivity contribution in [1.29, 1.82) is 0 Å².